The largest absolute Gasteiger partial charge is 0.399 e. The fraction of sp³-hybridized carbons (Fsp3) is 0.438. The summed E-state index contributed by atoms with van der Waals surface area (Å²) in [5.74, 6) is 0.716. The number of fused-ring (bicyclic) bond motifs is 1. The van der Waals surface area contributed by atoms with E-state index in [9.17, 15) is 0 Å². The molecule has 0 aliphatic heterocycles. The summed E-state index contributed by atoms with van der Waals surface area (Å²) in [6, 6.07) is 6.46. The van der Waals surface area contributed by atoms with Gasteiger partial charge in [-0.1, -0.05) is 35.5 Å². The highest BCUT2D eigenvalue weighted by Crippen LogP contribution is 2.26. The van der Waals surface area contributed by atoms with Crippen molar-refractivity contribution in [3.05, 3.63) is 41.0 Å². The molecule has 19 heavy (non-hydrogen) atoms. The zero-order chi connectivity index (χ0) is 13.5. The average molecular weight is 278 g/mol. The third-order valence-electron chi connectivity index (χ3n) is 3.33. The molecule has 0 saturated heterocycles. The Morgan fingerprint density at radius 1 is 1.37 bits per heavy atom. The second-order valence-electron chi connectivity index (χ2n) is 4.69. The number of nitrogens with zero attached hydrogens (tertiary/aromatic N) is 1. The third-order valence-corrected chi connectivity index (χ3v) is 3.60. The molecule has 0 heterocycles. The second kappa shape index (κ2) is 7.34. The van der Waals surface area contributed by atoms with Crippen LogP contribution < -0.4 is 0 Å². The van der Waals surface area contributed by atoms with Crippen molar-refractivity contribution in [3.63, 3.8) is 0 Å². The van der Waals surface area contributed by atoms with E-state index in [0.29, 0.717) is 5.88 Å². The first kappa shape index (κ1) is 14.1. The fourth-order valence-electron chi connectivity index (χ4n) is 2.50. The van der Waals surface area contributed by atoms with Crippen molar-refractivity contribution in [1.29, 1.82) is 0 Å². The molecular weight excluding hydrogens is 258 g/mol. The molecule has 1 aromatic rings. The number of rotatable bonds is 5. The zero-order valence-corrected chi connectivity index (χ0v) is 12.1. The minimum Gasteiger partial charge on any atom is -0.399 e. The van der Waals surface area contributed by atoms with Gasteiger partial charge >= 0.3 is 0 Å². The van der Waals surface area contributed by atoms with Crippen LogP contribution in [0, 0.1) is 0 Å². The van der Waals surface area contributed by atoms with E-state index < -0.39 is 0 Å². The van der Waals surface area contributed by atoms with Crippen LogP contribution in [0.5, 0.6) is 0 Å². The van der Waals surface area contributed by atoms with Crippen molar-refractivity contribution in [2.45, 2.75) is 32.1 Å². The molecule has 2 rings (SSSR count). The number of halogens is 1. The first-order valence-electron chi connectivity index (χ1n) is 6.81. The van der Waals surface area contributed by atoms with Gasteiger partial charge in [-0.25, -0.2) is 0 Å². The number of hydrogen-bond donors (Lipinski definition) is 0. The molecule has 0 spiro atoms. The van der Waals surface area contributed by atoms with E-state index in [-0.39, 0.29) is 0 Å². The van der Waals surface area contributed by atoms with Gasteiger partial charge in [-0.15, -0.1) is 11.6 Å². The van der Waals surface area contributed by atoms with Gasteiger partial charge in [-0.2, -0.15) is 0 Å². The summed E-state index contributed by atoms with van der Waals surface area (Å²) in [5, 5.41) is 4.19. The lowest BCUT2D eigenvalue weighted by atomic mass is 9.86. The van der Waals surface area contributed by atoms with Crippen LogP contribution in [0.1, 0.15) is 42.4 Å². The number of aryl methyl sites for hydroxylation is 1. The monoisotopic (exact) mass is 277 g/mol. The van der Waals surface area contributed by atoms with Crippen molar-refractivity contribution >= 4 is 23.4 Å². The summed E-state index contributed by atoms with van der Waals surface area (Å²) in [5.41, 5.74) is 4.95. The molecule has 102 valence electrons. The Morgan fingerprint density at radius 2 is 2.26 bits per heavy atom. The van der Waals surface area contributed by atoms with E-state index in [1.54, 1.807) is 7.11 Å². The molecule has 1 aliphatic carbocycles. The third kappa shape index (κ3) is 3.60. The highest BCUT2D eigenvalue weighted by atomic mass is 35.5. The van der Waals surface area contributed by atoms with Crippen molar-refractivity contribution in [1.82, 2.24) is 0 Å². The molecule has 0 unspecified atom stereocenters. The summed E-state index contributed by atoms with van der Waals surface area (Å²) >= 11 is 5.69. The molecular formula is C16H20ClNO. The van der Waals surface area contributed by atoms with Gasteiger partial charge in [0.15, 0.2) is 0 Å². The Bertz CT molecular complexity index is 480. The van der Waals surface area contributed by atoms with Gasteiger partial charge < -0.3 is 4.84 Å². The number of unbranched alkanes of at least 4 members (excludes halogenated alkanes) is 1. The molecule has 0 aromatic heterocycles. The lowest BCUT2D eigenvalue weighted by molar-refractivity contribution is 0.212. The fourth-order valence-corrected chi connectivity index (χ4v) is 2.65. The summed E-state index contributed by atoms with van der Waals surface area (Å²) in [6.07, 6.45) is 9.68. The Morgan fingerprint density at radius 3 is 3.05 bits per heavy atom. The molecule has 0 amide bonds. The zero-order valence-electron chi connectivity index (χ0n) is 11.4. The molecule has 3 heteroatoms. The van der Waals surface area contributed by atoms with Gasteiger partial charge in [-0.3, -0.25) is 0 Å². The van der Waals surface area contributed by atoms with Crippen LogP contribution in [0.4, 0.5) is 0 Å². The first-order chi connectivity index (χ1) is 9.36. The maximum absolute atomic E-state index is 5.69. The molecule has 2 nitrogen and oxygen atoms in total. The SMILES string of the molecule is CO/N=C1\CCCc2cccc(/C=C/CCCCl)c21. The van der Waals surface area contributed by atoms with Crippen LogP contribution in [-0.2, 0) is 11.3 Å². The van der Waals surface area contributed by atoms with E-state index in [1.165, 1.54) is 16.7 Å². The van der Waals surface area contributed by atoms with Crippen molar-refractivity contribution in [2.24, 2.45) is 5.16 Å². The maximum Gasteiger partial charge on any atom is 0.106 e. The Kier molecular flexibility index (Phi) is 5.46. The standard InChI is InChI=1S/C16H20ClNO/c1-19-18-15-11-6-10-14-9-5-8-13(16(14)15)7-3-2-4-12-17/h3,5,7-9H,2,4,6,10-12H2,1H3/b7-3+,18-15+. The van der Waals surface area contributed by atoms with Crippen molar-refractivity contribution in [3.8, 4) is 0 Å². The molecule has 0 N–H and O–H groups in total. The number of alkyl halides is 1. The molecule has 0 saturated carbocycles. The molecule has 1 aliphatic rings. The Hall–Kier alpha value is -1.28. The van der Waals surface area contributed by atoms with Gasteiger partial charge in [0.1, 0.15) is 7.11 Å². The first-order valence-corrected chi connectivity index (χ1v) is 7.35. The van der Waals surface area contributed by atoms with Crippen LogP contribution in [-0.4, -0.2) is 18.7 Å². The minimum atomic E-state index is 0.716. The van der Waals surface area contributed by atoms with Crippen LogP contribution in [0.2, 0.25) is 0 Å². The normalized spacial score (nSPS) is 16.8. The number of oxime groups is 1. The average Bonchev–Trinajstić information content (AvgIpc) is 2.44. The molecule has 1 aromatic carbocycles. The van der Waals surface area contributed by atoms with E-state index in [0.717, 1.165) is 37.8 Å². The minimum absolute atomic E-state index is 0.716. The van der Waals surface area contributed by atoms with E-state index >= 15 is 0 Å². The second-order valence-corrected chi connectivity index (χ2v) is 5.07. The maximum atomic E-state index is 5.69. The van der Waals surface area contributed by atoms with Crippen LogP contribution in [0.3, 0.4) is 0 Å². The van der Waals surface area contributed by atoms with Gasteiger partial charge in [-0.05, 0) is 43.2 Å². The van der Waals surface area contributed by atoms with Gasteiger partial charge in [0, 0.05) is 11.4 Å². The quantitative estimate of drug-likeness (QED) is 0.444. The van der Waals surface area contributed by atoms with Crippen LogP contribution in [0.25, 0.3) is 6.08 Å². The highest BCUT2D eigenvalue weighted by molar-refractivity contribution is 6.17. The number of benzene rings is 1. The number of allylic oxidation sites excluding steroid dienone is 1. The highest BCUT2D eigenvalue weighted by Gasteiger charge is 2.18. The Balaban J connectivity index is 2.29. The number of hydrogen-bond acceptors (Lipinski definition) is 2. The predicted molar refractivity (Wildman–Crippen MR) is 81.9 cm³/mol. The Labute approximate surface area is 120 Å². The predicted octanol–water partition coefficient (Wildman–Crippen LogP) is 4.41. The summed E-state index contributed by atoms with van der Waals surface area (Å²) in [4.78, 5) is 4.98. The van der Waals surface area contributed by atoms with Crippen LogP contribution in [0.15, 0.2) is 29.4 Å². The van der Waals surface area contributed by atoms with Crippen LogP contribution >= 0.6 is 11.6 Å². The lowest BCUT2D eigenvalue weighted by Crippen LogP contribution is -2.14. The summed E-state index contributed by atoms with van der Waals surface area (Å²) in [7, 11) is 1.61. The van der Waals surface area contributed by atoms with Gasteiger partial charge in [0.05, 0.1) is 5.71 Å². The van der Waals surface area contributed by atoms with E-state index in [1.807, 2.05) is 0 Å². The summed E-state index contributed by atoms with van der Waals surface area (Å²) in [6.45, 7) is 0. The molecule has 0 bridgehead atoms. The van der Waals surface area contributed by atoms with Crippen molar-refractivity contribution < 1.29 is 4.84 Å². The topological polar surface area (TPSA) is 21.6 Å². The molecule has 0 radical (unpaired) electrons. The van der Waals surface area contributed by atoms with E-state index in [4.69, 9.17) is 16.4 Å². The summed E-state index contributed by atoms with van der Waals surface area (Å²) < 4.78 is 0. The van der Waals surface area contributed by atoms with Gasteiger partial charge in [0.25, 0.3) is 0 Å². The smallest absolute Gasteiger partial charge is 0.106 e. The molecule has 0 fully saturated rings. The van der Waals surface area contributed by atoms with Crippen molar-refractivity contribution in [2.75, 3.05) is 13.0 Å². The lowest BCUT2D eigenvalue weighted by Gasteiger charge is -2.19. The van der Waals surface area contributed by atoms with Gasteiger partial charge in [0.2, 0.25) is 0 Å². The molecule has 0 atom stereocenters. The van der Waals surface area contributed by atoms with E-state index in [2.05, 4.69) is 35.5 Å².